The van der Waals surface area contributed by atoms with E-state index in [1.165, 1.54) is 14.0 Å². The van der Waals surface area contributed by atoms with E-state index in [-0.39, 0.29) is 11.7 Å². The molecule has 1 atom stereocenters. The molecule has 1 aromatic carbocycles. The number of carbonyl (C=O) groups excluding carboxylic acids is 1. The molecule has 0 aliphatic heterocycles. The lowest BCUT2D eigenvalue weighted by Gasteiger charge is -2.26. The molecule has 2 N–H and O–H groups in total. The van der Waals surface area contributed by atoms with E-state index < -0.39 is 10.8 Å². The lowest BCUT2D eigenvalue weighted by Crippen LogP contribution is -2.26. The first-order valence-electron chi connectivity index (χ1n) is 10.9. The number of ether oxygens (including phenoxy) is 2. The van der Waals surface area contributed by atoms with Crippen molar-refractivity contribution in [3.8, 4) is 11.5 Å². The number of nitrogens with one attached hydrogen (secondary N) is 2. The van der Waals surface area contributed by atoms with Crippen molar-refractivity contribution in [3.63, 3.8) is 0 Å². The lowest BCUT2D eigenvalue weighted by molar-refractivity contribution is -0.114. The quantitative estimate of drug-likeness (QED) is 0.435. The maximum atomic E-state index is 13.1. The Kier molecular flexibility index (Phi) is 8.26. The Morgan fingerprint density at radius 1 is 1.18 bits per heavy atom. The Morgan fingerprint density at radius 3 is 2.52 bits per heavy atom. The van der Waals surface area contributed by atoms with E-state index >= 15 is 0 Å². The zero-order valence-corrected chi connectivity index (χ0v) is 20.5. The van der Waals surface area contributed by atoms with Crippen molar-refractivity contribution in [2.75, 3.05) is 37.5 Å². The largest absolute Gasteiger partial charge is 0.493 e. The average Bonchev–Trinajstić information content (AvgIpc) is 3.21. The molecule has 0 aliphatic rings. The van der Waals surface area contributed by atoms with Gasteiger partial charge in [0.2, 0.25) is 5.91 Å². The highest BCUT2D eigenvalue weighted by Crippen LogP contribution is 2.33. The van der Waals surface area contributed by atoms with Gasteiger partial charge in [0.15, 0.2) is 16.7 Å². The second kappa shape index (κ2) is 11.1. The number of hydrogen-bond acceptors (Lipinski definition) is 7. The summed E-state index contributed by atoms with van der Waals surface area (Å²) in [6.45, 7) is 7.44. The van der Waals surface area contributed by atoms with Crippen LogP contribution < -0.4 is 19.7 Å². The topological polar surface area (TPSA) is 109 Å². The van der Waals surface area contributed by atoms with E-state index in [2.05, 4.69) is 39.0 Å². The van der Waals surface area contributed by atoms with Gasteiger partial charge in [-0.15, -0.1) is 0 Å². The van der Waals surface area contributed by atoms with Crippen molar-refractivity contribution in [3.05, 3.63) is 30.1 Å². The molecule has 178 valence electrons. The fourth-order valence-corrected chi connectivity index (χ4v) is 4.73. The third kappa shape index (κ3) is 5.62. The fraction of sp³-hybridized carbons (Fsp3) is 0.435. The molecule has 33 heavy (non-hydrogen) atoms. The maximum Gasteiger partial charge on any atom is 0.221 e. The lowest BCUT2D eigenvalue weighted by atomic mass is 10.2. The highest BCUT2D eigenvalue weighted by molar-refractivity contribution is 7.84. The number of pyridine rings is 1. The zero-order chi connectivity index (χ0) is 24.0. The van der Waals surface area contributed by atoms with Crippen LogP contribution in [-0.4, -0.2) is 52.4 Å². The third-order valence-electron chi connectivity index (χ3n) is 5.07. The number of methoxy groups -OCH3 is 2. The first-order chi connectivity index (χ1) is 15.9. The van der Waals surface area contributed by atoms with Crippen LogP contribution in [0.2, 0.25) is 0 Å². The van der Waals surface area contributed by atoms with Crippen molar-refractivity contribution in [2.45, 2.75) is 44.5 Å². The summed E-state index contributed by atoms with van der Waals surface area (Å²) in [5, 5.41) is 3.26. The summed E-state index contributed by atoms with van der Waals surface area (Å²) in [4.78, 5) is 26.1. The Morgan fingerprint density at radius 2 is 1.91 bits per heavy atom. The first kappa shape index (κ1) is 24.5. The normalized spacial score (nSPS) is 11.9. The van der Waals surface area contributed by atoms with Crippen molar-refractivity contribution in [1.29, 1.82) is 0 Å². The van der Waals surface area contributed by atoms with Crippen LogP contribution in [0.1, 0.15) is 39.3 Å². The number of aromatic amines is 1. The van der Waals surface area contributed by atoms with E-state index in [1.54, 1.807) is 19.4 Å². The number of nitrogens with zero attached hydrogens (tertiary/aromatic N) is 3. The third-order valence-corrected chi connectivity index (χ3v) is 6.23. The Hall–Kier alpha value is -3.14. The van der Waals surface area contributed by atoms with Gasteiger partial charge in [-0.05, 0) is 25.0 Å². The van der Waals surface area contributed by atoms with Crippen LogP contribution in [0.15, 0.2) is 29.6 Å². The number of fused-ring (bicyclic) bond motifs is 1. The summed E-state index contributed by atoms with van der Waals surface area (Å²) >= 11 is 0. The van der Waals surface area contributed by atoms with E-state index in [1.807, 2.05) is 12.1 Å². The molecule has 1 amide bonds. The van der Waals surface area contributed by atoms with Crippen molar-refractivity contribution >= 4 is 39.1 Å². The summed E-state index contributed by atoms with van der Waals surface area (Å²) in [5.41, 5.74) is 3.51. The van der Waals surface area contributed by atoms with Crippen molar-refractivity contribution < 1.29 is 18.5 Å². The monoisotopic (exact) mass is 473 g/mol. The Balaban J connectivity index is 1.99. The summed E-state index contributed by atoms with van der Waals surface area (Å²) < 4.78 is 23.9. The maximum absolute atomic E-state index is 13.1. The molecule has 0 radical (unpaired) electrons. The van der Waals surface area contributed by atoms with Crippen LogP contribution in [0, 0.1) is 0 Å². The van der Waals surface area contributed by atoms with E-state index in [4.69, 9.17) is 9.47 Å². The minimum absolute atomic E-state index is 0.114. The Bertz CT molecular complexity index is 1140. The molecule has 9 nitrogen and oxygen atoms in total. The number of H-pyrrole nitrogens is 1. The molecule has 0 fully saturated rings. The number of rotatable bonds is 11. The zero-order valence-electron chi connectivity index (χ0n) is 19.7. The number of carbonyl (C=O) groups is 1. The number of aromatic nitrogens is 3. The van der Waals surface area contributed by atoms with Gasteiger partial charge >= 0.3 is 0 Å². The van der Waals surface area contributed by atoms with Gasteiger partial charge in [0.25, 0.3) is 0 Å². The number of benzene rings is 1. The number of hydrogen-bond donors (Lipinski definition) is 2. The van der Waals surface area contributed by atoms with Gasteiger partial charge < -0.3 is 24.7 Å². The molecule has 3 aromatic rings. The van der Waals surface area contributed by atoms with Gasteiger partial charge in [-0.2, -0.15) is 0 Å². The smallest absolute Gasteiger partial charge is 0.221 e. The van der Waals surface area contributed by atoms with Crippen LogP contribution in [0.3, 0.4) is 0 Å². The summed E-state index contributed by atoms with van der Waals surface area (Å²) in [7, 11) is 1.57. The number of imidazole rings is 1. The molecular weight excluding hydrogens is 442 g/mol. The molecular formula is C23H31N5O4S. The van der Waals surface area contributed by atoms with Gasteiger partial charge in [-0.3, -0.25) is 14.0 Å². The summed E-state index contributed by atoms with van der Waals surface area (Å²) in [6, 6.07) is 5.48. The Labute approximate surface area is 196 Å². The summed E-state index contributed by atoms with van der Waals surface area (Å²) in [5.74, 6) is 0.946. The predicted molar refractivity (Wildman–Crippen MR) is 131 cm³/mol. The number of anilines is 2. The molecule has 1 unspecified atom stereocenters. The van der Waals surface area contributed by atoms with E-state index in [0.717, 1.165) is 31.6 Å². The highest BCUT2D eigenvalue weighted by Gasteiger charge is 2.19. The van der Waals surface area contributed by atoms with Gasteiger partial charge in [0, 0.05) is 32.3 Å². The molecule has 2 aromatic heterocycles. The summed E-state index contributed by atoms with van der Waals surface area (Å²) in [6.07, 6.45) is 3.54. The molecule has 0 spiro atoms. The van der Waals surface area contributed by atoms with Crippen molar-refractivity contribution in [1.82, 2.24) is 15.0 Å². The average molecular weight is 474 g/mol. The minimum Gasteiger partial charge on any atom is -0.493 e. The standard InChI is InChI=1S/C23H31N5O4S/c1-6-10-28(11-7-2)20-13-17-16(12-18(20)25-15(3)29)26-23(27-17)33(30)14-19-22(32-5)21(31-4)8-9-24-19/h8-9,12-13H,6-7,10-11,14H2,1-5H3,(H,25,29)(H,26,27). The first-order valence-corrected chi connectivity index (χ1v) is 12.2. The molecule has 0 bridgehead atoms. The molecule has 0 saturated heterocycles. The van der Waals surface area contributed by atoms with Crippen LogP contribution in [0.5, 0.6) is 11.5 Å². The van der Waals surface area contributed by atoms with Crippen LogP contribution in [-0.2, 0) is 21.3 Å². The van der Waals surface area contributed by atoms with Crippen LogP contribution in [0.25, 0.3) is 11.0 Å². The second-order valence-electron chi connectivity index (χ2n) is 7.58. The van der Waals surface area contributed by atoms with Crippen molar-refractivity contribution in [2.24, 2.45) is 0 Å². The highest BCUT2D eigenvalue weighted by atomic mass is 32.2. The van der Waals surface area contributed by atoms with Gasteiger partial charge in [-0.25, -0.2) is 4.98 Å². The molecule has 0 saturated carbocycles. The molecule has 2 heterocycles. The molecule has 3 rings (SSSR count). The van der Waals surface area contributed by atoms with Crippen LogP contribution in [0.4, 0.5) is 11.4 Å². The SMILES string of the molecule is CCCN(CCC)c1cc2nc(S(=O)Cc3nccc(OC)c3OC)[nH]c2cc1NC(C)=O. The van der Waals surface area contributed by atoms with Gasteiger partial charge in [0.1, 0.15) is 0 Å². The van der Waals surface area contributed by atoms with Gasteiger partial charge in [0.05, 0.1) is 58.9 Å². The van der Waals surface area contributed by atoms with Gasteiger partial charge in [-0.1, -0.05) is 13.8 Å². The molecule has 0 aliphatic carbocycles. The van der Waals surface area contributed by atoms with E-state index in [0.29, 0.717) is 39.1 Å². The molecule has 10 heteroatoms. The fourth-order valence-electron chi connectivity index (χ4n) is 3.72. The van der Waals surface area contributed by atoms with Crippen LogP contribution >= 0.6 is 0 Å². The predicted octanol–water partition coefficient (Wildman–Crippen LogP) is 3.87. The van der Waals surface area contributed by atoms with E-state index in [9.17, 15) is 9.00 Å². The minimum atomic E-state index is -1.50. The number of amides is 1. The second-order valence-corrected chi connectivity index (χ2v) is 8.95.